The Morgan fingerprint density at radius 2 is 0.935 bits per heavy atom. The van der Waals surface area contributed by atoms with E-state index in [0.717, 1.165) is 18.2 Å². The summed E-state index contributed by atoms with van der Waals surface area (Å²) in [6, 6.07) is 7.83. The lowest BCUT2D eigenvalue weighted by Crippen LogP contribution is -2.43. The summed E-state index contributed by atoms with van der Waals surface area (Å²) in [7, 11) is 3.08. The molecule has 17 heteroatoms. The van der Waals surface area contributed by atoms with E-state index in [-0.39, 0.29) is 40.9 Å². The summed E-state index contributed by atoms with van der Waals surface area (Å²) in [6.45, 7) is 0.318. The largest absolute Gasteiger partial charge is 0.500 e. The molecule has 2 rings (SSSR count). The van der Waals surface area contributed by atoms with Gasteiger partial charge >= 0.3 is 29.5 Å². The first kappa shape index (κ1) is 38.4. The molecule has 0 bridgehead atoms. The van der Waals surface area contributed by atoms with E-state index in [1.54, 1.807) is 0 Å². The van der Waals surface area contributed by atoms with Crippen molar-refractivity contribution >= 4 is 47.1 Å². The van der Waals surface area contributed by atoms with Crippen molar-refractivity contribution in [2.75, 3.05) is 55.7 Å². The highest BCUT2D eigenvalue weighted by molar-refractivity contribution is 6.60. The fourth-order valence-electron chi connectivity index (χ4n) is 4.60. The lowest BCUT2D eigenvalue weighted by atomic mass is 9.95. The first-order valence-corrected chi connectivity index (χ1v) is 17.9. The third-order valence-corrected chi connectivity index (χ3v) is 12.9. The zero-order valence-electron chi connectivity index (χ0n) is 26.6. The van der Waals surface area contributed by atoms with Crippen molar-refractivity contribution in [2.45, 2.75) is 24.9 Å². The van der Waals surface area contributed by atoms with Gasteiger partial charge in [0.05, 0.1) is 22.3 Å². The molecule has 0 saturated carbocycles. The SMILES string of the molecule is CO[Si](CCCNC(=O)c1ccc(C(=O)c2ccc(C(=O)O)c(C(=O)NCCC[Si](OC)(OC)OC)c2)cc1C(=O)O)(OC)OC. The molecule has 2 aromatic rings. The molecule has 2 amide bonds. The summed E-state index contributed by atoms with van der Waals surface area (Å²) < 4.78 is 32.1. The molecule has 0 radical (unpaired) electrons. The summed E-state index contributed by atoms with van der Waals surface area (Å²) in [4.78, 5) is 63.1. The van der Waals surface area contributed by atoms with Crippen LogP contribution < -0.4 is 10.6 Å². The van der Waals surface area contributed by atoms with E-state index < -0.39 is 52.7 Å². The van der Waals surface area contributed by atoms with Crippen molar-refractivity contribution in [2.24, 2.45) is 0 Å². The zero-order chi connectivity index (χ0) is 34.5. The number of carboxylic acid groups (broad SMARTS) is 2. The highest BCUT2D eigenvalue weighted by atomic mass is 28.4. The number of ketones is 1. The Bertz CT molecular complexity index is 1390. The molecule has 0 atom stereocenters. The smallest absolute Gasteiger partial charge is 0.478 e. The monoisotopic (exact) mass is 680 g/mol. The minimum atomic E-state index is -2.87. The first-order valence-electron chi connectivity index (χ1n) is 14.0. The van der Waals surface area contributed by atoms with E-state index in [0.29, 0.717) is 24.9 Å². The van der Waals surface area contributed by atoms with Gasteiger partial charge in [-0.3, -0.25) is 14.4 Å². The van der Waals surface area contributed by atoms with Crippen molar-refractivity contribution in [1.82, 2.24) is 10.6 Å². The van der Waals surface area contributed by atoms with Crippen LogP contribution >= 0.6 is 0 Å². The number of carbonyl (C=O) groups is 5. The number of hydrogen-bond acceptors (Lipinski definition) is 11. The average molecular weight is 681 g/mol. The molecule has 2 aromatic carbocycles. The Kier molecular flexibility index (Phi) is 14.8. The predicted octanol–water partition coefficient (Wildman–Crippen LogP) is 2.31. The van der Waals surface area contributed by atoms with Crippen LogP contribution in [0.1, 0.15) is 70.2 Å². The second-order valence-corrected chi connectivity index (χ2v) is 16.0. The summed E-state index contributed by atoms with van der Waals surface area (Å²) in [6.07, 6.45) is 0.840. The lowest BCUT2D eigenvalue weighted by molar-refractivity contribution is 0.0682. The summed E-state index contributed by atoms with van der Waals surface area (Å²) in [5.74, 6) is -4.89. The number of aromatic carboxylic acids is 2. The Labute approximate surface area is 268 Å². The van der Waals surface area contributed by atoms with Crippen LogP contribution in [-0.2, 0) is 26.6 Å². The van der Waals surface area contributed by atoms with Gasteiger partial charge in [-0.1, -0.05) is 12.1 Å². The number of rotatable bonds is 20. The number of carboxylic acids is 2. The van der Waals surface area contributed by atoms with Crippen molar-refractivity contribution in [3.05, 3.63) is 69.8 Å². The van der Waals surface area contributed by atoms with Crippen LogP contribution in [0.4, 0.5) is 0 Å². The fraction of sp³-hybridized carbons (Fsp3) is 0.414. The van der Waals surface area contributed by atoms with E-state index in [1.165, 1.54) is 60.9 Å². The van der Waals surface area contributed by atoms with Gasteiger partial charge in [-0.05, 0) is 37.1 Å². The Balaban J connectivity index is 2.23. The van der Waals surface area contributed by atoms with E-state index >= 15 is 0 Å². The number of carbonyl (C=O) groups excluding carboxylic acids is 3. The number of nitrogens with one attached hydrogen (secondary N) is 2. The maximum absolute atomic E-state index is 13.4. The van der Waals surface area contributed by atoms with Gasteiger partial charge in [0.2, 0.25) is 0 Å². The molecular formula is C29H40N2O13Si2. The van der Waals surface area contributed by atoms with E-state index in [9.17, 15) is 34.2 Å². The Hall–Kier alpha value is -3.82. The minimum absolute atomic E-state index is 0.0599. The third kappa shape index (κ3) is 9.60. The molecule has 15 nitrogen and oxygen atoms in total. The quantitative estimate of drug-likeness (QED) is 0.0901. The van der Waals surface area contributed by atoms with Gasteiger partial charge in [-0.25, -0.2) is 9.59 Å². The van der Waals surface area contributed by atoms with E-state index in [2.05, 4.69) is 10.6 Å². The first-order chi connectivity index (χ1) is 21.9. The summed E-state index contributed by atoms with van der Waals surface area (Å²) in [5, 5.41) is 24.7. The van der Waals surface area contributed by atoms with Crippen LogP contribution in [-0.4, -0.2) is 113 Å². The number of benzene rings is 2. The second-order valence-electron chi connectivity index (χ2n) is 9.77. The van der Waals surface area contributed by atoms with Crippen molar-refractivity contribution in [1.29, 1.82) is 0 Å². The molecule has 0 aliphatic rings. The highest BCUT2D eigenvalue weighted by Gasteiger charge is 2.37. The summed E-state index contributed by atoms with van der Waals surface area (Å²) in [5.41, 5.74) is -1.32. The Morgan fingerprint density at radius 3 is 1.33 bits per heavy atom. The van der Waals surface area contributed by atoms with Crippen LogP contribution in [0.5, 0.6) is 0 Å². The molecule has 0 heterocycles. The van der Waals surface area contributed by atoms with Gasteiger partial charge in [0.15, 0.2) is 5.78 Å². The zero-order valence-corrected chi connectivity index (χ0v) is 28.6. The van der Waals surface area contributed by atoms with Gasteiger partial charge in [0.25, 0.3) is 11.8 Å². The molecule has 4 N–H and O–H groups in total. The molecule has 46 heavy (non-hydrogen) atoms. The fourth-order valence-corrected chi connectivity index (χ4v) is 8.05. The molecule has 0 fully saturated rings. The van der Waals surface area contributed by atoms with Crippen LogP contribution in [0, 0.1) is 0 Å². The molecule has 0 aromatic heterocycles. The molecule has 0 saturated heterocycles. The van der Waals surface area contributed by atoms with Gasteiger partial charge in [0, 0.05) is 79.0 Å². The number of hydrogen-bond donors (Lipinski definition) is 4. The molecule has 252 valence electrons. The molecule has 0 spiro atoms. The van der Waals surface area contributed by atoms with Gasteiger partial charge in [-0.2, -0.15) is 0 Å². The average Bonchev–Trinajstić information content (AvgIpc) is 3.07. The summed E-state index contributed by atoms with van der Waals surface area (Å²) >= 11 is 0. The molecule has 0 aliphatic heterocycles. The highest BCUT2D eigenvalue weighted by Crippen LogP contribution is 2.20. The van der Waals surface area contributed by atoms with Crippen molar-refractivity contribution in [3.8, 4) is 0 Å². The van der Waals surface area contributed by atoms with Gasteiger partial charge < -0.3 is 47.4 Å². The van der Waals surface area contributed by atoms with Crippen LogP contribution in [0.25, 0.3) is 0 Å². The Morgan fingerprint density at radius 1 is 0.565 bits per heavy atom. The van der Waals surface area contributed by atoms with Crippen molar-refractivity contribution < 1.29 is 60.7 Å². The minimum Gasteiger partial charge on any atom is -0.478 e. The molecular weight excluding hydrogens is 640 g/mol. The second kappa shape index (κ2) is 17.8. The maximum atomic E-state index is 13.4. The number of amides is 2. The molecule has 0 aliphatic carbocycles. The topological polar surface area (TPSA) is 205 Å². The van der Waals surface area contributed by atoms with Crippen molar-refractivity contribution in [3.63, 3.8) is 0 Å². The van der Waals surface area contributed by atoms with E-state index in [1.807, 2.05) is 0 Å². The normalized spacial score (nSPS) is 11.6. The maximum Gasteiger partial charge on any atom is 0.500 e. The predicted molar refractivity (Wildman–Crippen MR) is 167 cm³/mol. The van der Waals surface area contributed by atoms with Crippen LogP contribution in [0.15, 0.2) is 36.4 Å². The van der Waals surface area contributed by atoms with Gasteiger partial charge in [0.1, 0.15) is 0 Å². The third-order valence-electron chi connectivity index (χ3n) is 7.27. The van der Waals surface area contributed by atoms with Gasteiger partial charge in [-0.15, -0.1) is 0 Å². The van der Waals surface area contributed by atoms with E-state index in [4.69, 9.17) is 26.6 Å². The molecule has 0 unspecified atom stereocenters. The van der Waals surface area contributed by atoms with Crippen LogP contribution in [0.2, 0.25) is 12.1 Å². The lowest BCUT2D eigenvalue weighted by Gasteiger charge is -2.24. The van der Waals surface area contributed by atoms with Crippen LogP contribution in [0.3, 0.4) is 0 Å². The standard InChI is InChI=1S/C29H40N2O13Si2/c1-39-45(40-2,41-3)15-7-13-30-26(33)21-11-9-20(18-24(21)29(37)38)25(32)19-10-12-22(28(35)36)23(17-19)27(34)31-14-8-16-46(42-4,43-5)44-6/h9-12,17-18H,7-8,13-16H2,1-6H3,(H,30,33)(H,31,34)(H,35,36)(H,37,38).